The average molecular weight is 358 g/mol. The van der Waals surface area contributed by atoms with Gasteiger partial charge in [0.1, 0.15) is 10.5 Å². The molecule has 0 aliphatic carbocycles. The molecule has 0 fully saturated rings. The van der Waals surface area contributed by atoms with Gasteiger partial charge in [0.15, 0.2) is 5.75 Å². The molecule has 0 atom stereocenters. The molecule has 0 aliphatic heterocycles. The van der Waals surface area contributed by atoms with Crippen molar-refractivity contribution in [2.24, 2.45) is 0 Å². The maximum absolute atomic E-state index is 11.3. The molecule has 1 rings (SSSR count). The molecule has 0 amide bonds. The van der Waals surface area contributed by atoms with Crippen LogP contribution < -0.4 is 4.74 Å². The smallest absolute Gasteiger partial charge is 0.339 e. The van der Waals surface area contributed by atoms with E-state index in [1.54, 1.807) is 0 Å². The molecule has 0 radical (unpaired) electrons. The number of benzene rings is 1. The first-order valence-electron chi connectivity index (χ1n) is 4.33. The van der Waals surface area contributed by atoms with E-state index in [0.29, 0.717) is 0 Å². The number of halogens is 2. The molecule has 0 aromatic heterocycles. The van der Waals surface area contributed by atoms with Gasteiger partial charge in [0, 0.05) is 22.1 Å². The molecule has 0 heterocycles. The number of carboxylic acids is 1. The zero-order chi connectivity index (χ0) is 14.1. The van der Waals surface area contributed by atoms with Crippen molar-refractivity contribution in [3.8, 4) is 5.75 Å². The van der Waals surface area contributed by atoms with E-state index in [9.17, 15) is 18.0 Å². The highest BCUT2D eigenvalue weighted by Crippen LogP contribution is 2.34. The quantitative estimate of drug-likeness (QED) is 0.505. The first-order valence-corrected chi connectivity index (χ1v) is 7.43. The number of hydrogen-bond donors (Lipinski definition) is 1. The van der Waals surface area contributed by atoms with Gasteiger partial charge in [0.25, 0.3) is 9.05 Å². The summed E-state index contributed by atoms with van der Waals surface area (Å²) >= 11 is 2.95. The zero-order valence-electron chi connectivity index (χ0n) is 8.81. The van der Waals surface area contributed by atoms with Crippen LogP contribution in [-0.2, 0) is 13.8 Å². The molecular weight excluding hydrogens is 352 g/mol. The van der Waals surface area contributed by atoms with E-state index in [2.05, 4.69) is 20.7 Å². The van der Waals surface area contributed by atoms with Gasteiger partial charge in [-0.15, -0.1) is 0 Å². The van der Waals surface area contributed by atoms with Crippen LogP contribution in [0.1, 0.15) is 17.3 Å². The third-order valence-electron chi connectivity index (χ3n) is 1.76. The van der Waals surface area contributed by atoms with Crippen molar-refractivity contribution < 1.29 is 27.9 Å². The minimum atomic E-state index is -4.26. The van der Waals surface area contributed by atoms with Crippen LogP contribution in [0, 0.1) is 0 Å². The summed E-state index contributed by atoms with van der Waals surface area (Å²) in [6.07, 6.45) is 0. The number of carboxylic acid groups (broad SMARTS) is 1. The zero-order valence-corrected chi connectivity index (χ0v) is 12.0. The minimum Gasteiger partial charge on any atom is -0.478 e. The number of carbonyl (C=O) groups excluding carboxylic acids is 1. The number of aromatic carboxylic acids is 1. The lowest BCUT2D eigenvalue weighted by Gasteiger charge is -2.10. The highest BCUT2D eigenvalue weighted by molar-refractivity contribution is 9.10. The molecule has 1 aromatic carbocycles. The standard InChI is InChI=1S/C9H6BrClO6S/c1-4(12)17-8-6(9(13)14)2-5(10)3-7(8)18(11,15)16/h2-3H,1H3,(H,13,14). The highest BCUT2D eigenvalue weighted by atomic mass is 79.9. The molecule has 98 valence electrons. The normalized spacial score (nSPS) is 11.1. The van der Waals surface area contributed by atoms with E-state index in [0.717, 1.165) is 19.1 Å². The van der Waals surface area contributed by atoms with Crippen LogP contribution in [-0.4, -0.2) is 25.5 Å². The largest absolute Gasteiger partial charge is 0.478 e. The lowest BCUT2D eigenvalue weighted by atomic mass is 10.2. The van der Waals surface area contributed by atoms with Gasteiger partial charge in [-0.1, -0.05) is 15.9 Å². The van der Waals surface area contributed by atoms with Crippen molar-refractivity contribution in [1.29, 1.82) is 0 Å². The molecule has 0 saturated heterocycles. The fourth-order valence-corrected chi connectivity index (χ4v) is 2.75. The van der Waals surface area contributed by atoms with E-state index in [1.807, 2.05) is 0 Å². The van der Waals surface area contributed by atoms with E-state index < -0.39 is 37.2 Å². The van der Waals surface area contributed by atoms with Crippen molar-refractivity contribution >= 4 is 47.6 Å². The fourth-order valence-electron chi connectivity index (χ4n) is 1.16. The molecular formula is C9H6BrClO6S. The monoisotopic (exact) mass is 356 g/mol. The van der Waals surface area contributed by atoms with Crippen molar-refractivity contribution in [2.45, 2.75) is 11.8 Å². The Kier molecular flexibility index (Phi) is 4.36. The lowest BCUT2D eigenvalue weighted by Crippen LogP contribution is -2.11. The number of esters is 1. The summed E-state index contributed by atoms with van der Waals surface area (Å²) in [4.78, 5) is 21.3. The summed E-state index contributed by atoms with van der Waals surface area (Å²) in [7, 11) is 0.907. The maximum atomic E-state index is 11.3. The Morgan fingerprint density at radius 2 is 1.94 bits per heavy atom. The molecule has 1 N–H and O–H groups in total. The molecule has 18 heavy (non-hydrogen) atoms. The second-order valence-electron chi connectivity index (χ2n) is 3.12. The molecule has 0 spiro atoms. The predicted octanol–water partition coefficient (Wildman–Crippen LogP) is 2.00. The lowest BCUT2D eigenvalue weighted by molar-refractivity contribution is -0.132. The van der Waals surface area contributed by atoms with Crippen LogP contribution in [0.15, 0.2) is 21.5 Å². The van der Waals surface area contributed by atoms with Crippen LogP contribution in [0.2, 0.25) is 0 Å². The summed E-state index contributed by atoms with van der Waals surface area (Å²) < 4.78 is 27.4. The fraction of sp³-hybridized carbons (Fsp3) is 0.111. The third kappa shape index (κ3) is 3.44. The van der Waals surface area contributed by atoms with Crippen molar-refractivity contribution in [3.63, 3.8) is 0 Å². The Labute approximate surface area is 115 Å². The van der Waals surface area contributed by atoms with E-state index >= 15 is 0 Å². The topological polar surface area (TPSA) is 97.7 Å². The summed E-state index contributed by atoms with van der Waals surface area (Å²) in [5.41, 5.74) is -0.487. The van der Waals surface area contributed by atoms with Gasteiger partial charge in [-0.2, -0.15) is 0 Å². The Morgan fingerprint density at radius 1 is 1.39 bits per heavy atom. The Bertz CT molecular complexity index is 624. The third-order valence-corrected chi connectivity index (χ3v) is 3.54. The summed E-state index contributed by atoms with van der Waals surface area (Å²) in [5.74, 6) is -2.91. The maximum Gasteiger partial charge on any atom is 0.339 e. The van der Waals surface area contributed by atoms with Crippen molar-refractivity contribution in [2.75, 3.05) is 0 Å². The second kappa shape index (κ2) is 5.25. The van der Waals surface area contributed by atoms with E-state index in [4.69, 9.17) is 15.8 Å². The van der Waals surface area contributed by atoms with Gasteiger partial charge in [0.05, 0.1) is 0 Å². The second-order valence-corrected chi connectivity index (χ2v) is 6.57. The number of ether oxygens (including phenoxy) is 1. The van der Waals surface area contributed by atoms with Gasteiger partial charge < -0.3 is 9.84 Å². The summed E-state index contributed by atoms with van der Waals surface area (Å²) in [5, 5.41) is 8.94. The SMILES string of the molecule is CC(=O)Oc1c(C(=O)O)cc(Br)cc1S(=O)(=O)Cl. The van der Waals surface area contributed by atoms with Gasteiger partial charge in [-0.3, -0.25) is 4.79 Å². The average Bonchev–Trinajstić information content (AvgIpc) is 2.17. The van der Waals surface area contributed by atoms with Crippen LogP contribution in [0.3, 0.4) is 0 Å². The number of hydrogen-bond acceptors (Lipinski definition) is 5. The number of carbonyl (C=O) groups is 2. The van der Waals surface area contributed by atoms with E-state index in [1.165, 1.54) is 0 Å². The van der Waals surface area contributed by atoms with Crippen LogP contribution >= 0.6 is 26.6 Å². The molecule has 0 unspecified atom stereocenters. The van der Waals surface area contributed by atoms with Gasteiger partial charge >= 0.3 is 11.9 Å². The first-order chi connectivity index (χ1) is 8.12. The predicted molar refractivity (Wildman–Crippen MR) is 65.4 cm³/mol. The Morgan fingerprint density at radius 3 is 2.33 bits per heavy atom. The number of rotatable bonds is 3. The van der Waals surface area contributed by atoms with Crippen molar-refractivity contribution in [1.82, 2.24) is 0 Å². The summed E-state index contributed by atoms with van der Waals surface area (Å²) in [6.45, 7) is 1.01. The highest BCUT2D eigenvalue weighted by Gasteiger charge is 2.25. The van der Waals surface area contributed by atoms with E-state index in [-0.39, 0.29) is 4.47 Å². The van der Waals surface area contributed by atoms with Gasteiger partial charge in [0.2, 0.25) is 0 Å². The molecule has 6 nitrogen and oxygen atoms in total. The van der Waals surface area contributed by atoms with Crippen LogP contribution in [0.5, 0.6) is 5.75 Å². The molecule has 0 saturated carbocycles. The summed E-state index contributed by atoms with van der Waals surface area (Å²) in [6, 6.07) is 2.15. The Balaban J connectivity index is 3.68. The first kappa shape index (κ1) is 14.9. The minimum absolute atomic E-state index is 0.176. The Hall–Kier alpha value is -1.12. The molecule has 1 aromatic rings. The van der Waals surface area contributed by atoms with Crippen molar-refractivity contribution in [3.05, 3.63) is 22.2 Å². The van der Waals surface area contributed by atoms with Gasteiger partial charge in [-0.05, 0) is 12.1 Å². The molecule has 9 heteroatoms. The van der Waals surface area contributed by atoms with Crippen LogP contribution in [0.25, 0.3) is 0 Å². The molecule has 0 bridgehead atoms. The van der Waals surface area contributed by atoms with Crippen LogP contribution in [0.4, 0.5) is 0 Å². The molecule has 0 aliphatic rings. The van der Waals surface area contributed by atoms with Gasteiger partial charge in [-0.25, -0.2) is 13.2 Å².